The van der Waals surface area contributed by atoms with Crippen LogP contribution in [0.25, 0.3) is 88.4 Å². The summed E-state index contributed by atoms with van der Waals surface area (Å²) in [6.45, 7) is 5.99. The topological polar surface area (TPSA) is 73.2 Å². The largest absolute Gasteiger partial charge is 0.458 e. The Bertz CT molecular complexity index is 5930. The number of ether oxygens (including phenoxy) is 1. The third-order valence-corrected chi connectivity index (χ3v) is 18.2. The molecule has 0 unspecified atom stereocenters. The quantitative estimate of drug-likeness (QED) is 0.135. The average Bonchev–Trinajstić information content (AvgIpc) is 0.933. The van der Waals surface area contributed by atoms with Gasteiger partial charge >= 0.3 is 0 Å². The fourth-order valence-electron chi connectivity index (χ4n) is 14.0. The Hall–Kier alpha value is -12.1. The van der Waals surface area contributed by atoms with Crippen LogP contribution in [0.2, 0.25) is 0 Å². The Morgan fingerprint density at radius 1 is 0.424 bits per heavy atom. The van der Waals surface area contributed by atoms with Crippen LogP contribution in [0.15, 0.2) is 291 Å². The molecule has 2 aromatic heterocycles. The molecule has 13 aromatic carbocycles. The van der Waals surface area contributed by atoms with Gasteiger partial charge in [0.25, 0.3) is 6.71 Å². The molecule has 4 heterocycles. The Kier molecular flexibility index (Phi) is 10.7. The van der Waals surface area contributed by atoms with E-state index in [0.717, 1.165) is 111 Å². The summed E-state index contributed by atoms with van der Waals surface area (Å²) in [6.07, 6.45) is 0. The lowest BCUT2D eigenvalue weighted by Crippen LogP contribution is -2.59. The Balaban J connectivity index is 0.998. The van der Waals surface area contributed by atoms with Crippen molar-refractivity contribution in [2.75, 3.05) is 9.80 Å². The second-order valence-electron chi connectivity index (χ2n) is 24.5. The molecule has 0 radical (unpaired) electrons. The van der Waals surface area contributed by atoms with Crippen molar-refractivity contribution in [3.05, 3.63) is 308 Å². The standard InChI is InChI=1S/C84H57BN6O/c1-84(2,3)59-38-44-78(69(50-59)56-21-7-4-8-22-56)91-79-51-62(89-72-31-17-13-27-63(72)64-28-14-18-32-73(64)89)39-41-70(79)85-71-40-37-57(67-45-54(52-86)35-42-76(67)88(60-23-9-5-10-24-60)61-25-11-6-12-26-61)48-81(71)92-82-49-58(47-80(91)83(82)85)68-46-55(53-87)36-43-77(68)90-74-33-19-15-29-65(74)66-30-16-20-34-75(66)90/h4-51H,1-3H3/i13D,14D,17D,18D,27D,28D,31D,32D. The van der Waals surface area contributed by atoms with Crippen LogP contribution in [0.5, 0.6) is 11.5 Å². The SMILES string of the molecule is [2H]c1c([2H])c([2H])c2c(c1[2H])c1c([2H])c([2H])c([2H])c([2H])c1n2-c1ccc2c(c1)N(c1ccc(C(C)(C)C)cc1-c1ccccc1)c1cc(-c3cc(C#N)ccc3-n3c4ccccc4c4ccccc43)cc3c1B2c1ccc(-c2cc(C#N)ccc2N(c2ccccc2)c2ccccc2)cc1O3. The number of para-hydroxylation sites is 6. The lowest BCUT2D eigenvalue weighted by atomic mass is 9.34. The van der Waals surface area contributed by atoms with Crippen LogP contribution in [-0.4, -0.2) is 15.8 Å². The van der Waals surface area contributed by atoms with Crippen LogP contribution >= 0.6 is 0 Å². The number of aromatic nitrogens is 2. The van der Waals surface area contributed by atoms with Crippen molar-refractivity contribution in [2.45, 2.75) is 26.2 Å². The molecule has 0 atom stereocenters. The maximum atomic E-state index is 10.9. The summed E-state index contributed by atoms with van der Waals surface area (Å²) < 4.78 is 85.6. The van der Waals surface area contributed by atoms with Crippen molar-refractivity contribution in [3.8, 4) is 68.4 Å². The number of rotatable bonds is 9. The van der Waals surface area contributed by atoms with Gasteiger partial charge in [-0.2, -0.15) is 10.5 Å². The van der Waals surface area contributed by atoms with Gasteiger partial charge in [0.2, 0.25) is 0 Å². The molecule has 7 nitrogen and oxygen atoms in total. The van der Waals surface area contributed by atoms with E-state index in [9.17, 15) is 16.0 Å². The summed E-state index contributed by atoms with van der Waals surface area (Å²) in [5.74, 6) is 1.09. The molecule has 0 saturated heterocycles. The van der Waals surface area contributed by atoms with Gasteiger partial charge in [-0.15, -0.1) is 0 Å². The number of anilines is 6. The van der Waals surface area contributed by atoms with Gasteiger partial charge in [0.15, 0.2) is 0 Å². The highest BCUT2D eigenvalue weighted by Gasteiger charge is 2.44. The first-order valence-electron chi connectivity index (χ1n) is 34.6. The first-order chi connectivity index (χ1) is 48.5. The minimum absolute atomic E-state index is 0.00313. The molecule has 432 valence electrons. The molecule has 0 N–H and O–H groups in total. The summed E-state index contributed by atoms with van der Waals surface area (Å²) in [7, 11) is 0. The zero-order chi connectivity index (χ0) is 68.7. The van der Waals surface area contributed by atoms with Gasteiger partial charge in [-0.25, -0.2) is 0 Å². The van der Waals surface area contributed by atoms with E-state index in [4.69, 9.17) is 10.2 Å². The molecule has 0 amide bonds. The van der Waals surface area contributed by atoms with Crippen LogP contribution in [0.3, 0.4) is 0 Å². The number of benzene rings is 13. The highest BCUT2D eigenvalue weighted by Crippen LogP contribution is 2.50. The summed E-state index contributed by atoms with van der Waals surface area (Å²) in [5, 5.41) is 23.6. The zero-order valence-electron chi connectivity index (χ0n) is 58.3. The summed E-state index contributed by atoms with van der Waals surface area (Å²) in [4.78, 5) is 4.42. The van der Waals surface area contributed by atoms with Crippen molar-refractivity contribution in [2.24, 2.45) is 0 Å². The minimum Gasteiger partial charge on any atom is -0.458 e. The second-order valence-corrected chi connectivity index (χ2v) is 24.5. The van der Waals surface area contributed by atoms with E-state index < -0.39 is 55.1 Å². The number of nitriles is 2. The molecule has 0 spiro atoms. The van der Waals surface area contributed by atoms with Gasteiger partial charge in [-0.1, -0.05) is 184 Å². The fraction of sp³-hybridized carbons (Fsp3) is 0.0476. The molecule has 15 aromatic rings. The van der Waals surface area contributed by atoms with Gasteiger partial charge in [-0.05, 0) is 171 Å². The molecule has 2 aliphatic heterocycles. The van der Waals surface area contributed by atoms with Gasteiger partial charge < -0.3 is 23.7 Å². The van der Waals surface area contributed by atoms with Crippen molar-refractivity contribution in [1.82, 2.24) is 9.13 Å². The molecule has 92 heavy (non-hydrogen) atoms. The number of nitrogens with zero attached hydrogens (tertiary/aromatic N) is 6. The predicted molar refractivity (Wildman–Crippen MR) is 380 cm³/mol. The molecule has 17 rings (SSSR count). The van der Waals surface area contributed by atoms with Crippen molar-refractivity contribution in [3.63, 3.8) is 0 Å². The molecule has 0 saturated carbocycles. The van der Waals surface area contributed by atoms with Gasteiger partial charge in [0.1, 0.15) is 11.5 Å². The van der Waals surface area contributed by atoms with Gasteiger partial charge in [-0.3, -0.25) is 0 Å². The Morgan fingerprint density at radius 2 is 0.989 bits per heavy atom. The lowest BCUT2D eigenvalue weighted by molar-refractivity contribution is 0.488. The molecular formula is C84H57BN6O. The summed E-state index contributed by atoms with van der Waals surface area (Å²) in [5.41, 5.74) is 17.0. The molecular weight excluding hydrogens is 1120 g/mol. The van der Waals surface area contributed by atoms with Crippen LogP contribution in [0, 0.1) is 22.7 Å². The van der Waals surface area contributed by atoms with Crippen LogP contribution < -0.4 is 30.9 Å². The van der Waals surface area contributed by atoms with E-state index >= 15 is 0 Å². The summed E-state index contributed by atoms with van der Waals surface area (Å²) >= 11 is 0. The van der Waals surface area contributed by atoms with E-state index in [1.807, 2.05) is 133 Å². The van der Waals surface area contributed by atoms with Gasteiger partial charge in [0, 0.05) is 66.7 Å². The number of hydrogen-bond acceptors (Lipinski definition) is 5. The molecule has 0 bridgehead atoms. The zero-order valence-corrected chi connectivity index (χ0v) is 50.3. The van der Waals surface area contributed by atoms with E-state index in [1.165, 1.54) is 0 Å². The molecule has 0 aliphatic carbocycles. The Morgan fingerprint density at radius 3 is 1.64 bits per heavy atom. The first-order valence-corrected chi connectivity index (χ1v) is 30.6. The molecule has 8 heteroatoms. The van der Waals surface area contributed by atoms with Crippen LogP contribution in [-0.2, 0) is 5.41 Å². The third-order valence-electron chi connectivity index (χ3n) is 18.2. The van der Waals surface area contributed by atoms with Crippen molar-refractivity contribution < 1.29 is 15.7 Å². The van der Waals surface area contributed by atoms with Crippen LogP contribution in [0.4, 0.5) is 34.1 Å². The van der Waals surface area contributed by atoms with E-state index in [1.54, 1.807) is 4.57 Å². The van der Waals surface area contributed by atoms with Crippen molar-refractivity contribution in [1.29, 1.82) is 10.5 Å². The normalized spacial score (nSPS) is 13.5. The highest BCUT2D eigenvalue weighted by atomic mass is 16.5. The second kappa shape index (κ2) is 21.3. The monoisotopic (exact) mass is 1180 g/mol. The smallest absolute Gasteiger partial charge is 0.256 e. The Labute approximate surface area is 545 Å². The summed E-state index contributed by atoms with van der Waals surface area (Å²) in [6, 6.07) is 82.7. The van der Waals surface area contributed by atoms with Gasteiger partial charge in [0.05, 0.1) is 73.4 Å². The van der Waals surface area contributed by atoms with Crippen molar-refractivity contribution >= 4 is 101 Å². The third kappa shape index (κ3) is 8.64. The van der Waals surface area contributed by atoms with E-state index in [0.29, 0.717) is 34.0 Å². The predicted octanol–water partition coefficient (Wildman–Crippen LogP) is 19.8. The fourth-order valence-corrected chi connectivity index (χ4v) is 14.0. The molecule has 0 fully saturated rings. The van der Waals surface area contributed by atoms with E-state index in [-0.39, 0.29) is 27.2 Å². The van der Waals surface area contributed by atoms with E-state index in [2.05, 4.69) is 156 Å². The maximum Gasteiger partial charge on any atom is 0.256 e. The number of fused-ring (bicyclic) bond motifs is 10. The molecule has 2 aliphatic rings. The van der Waals surface area contributed by atoms with Crippen LogP contribution in [0.1, 0.15) is 48.4 Å². The maximum absolute atomic E-state index is 10.9. The lowest BCUT2D eigenvalue weighted by Gasteiger charge is -2.41. The minimum atomic E-state index is -0.573. The average molecular weight is 1190 g/mol. The highest BCUT2D eigenvalue weighted by molar-refractivity contribution is 6.99. The first kappa shape index (κ1) is 46.1. The number of hydrogen-bond donors (Lipinski definition) is 0.